The van der Waals surface area contributed by atoms with Crippen molar-refractivity contribution in [3.05, 3.63) is 63.1 Å². The van der Waals surface area contributed by atoms with Gasteiger partial charge in [-0.15, -0.1) is 0 Å². The Morgan fingerprint density at radius 3 is 2.19 bits per heavy atom. The Bertz CT molecular complexity index is 1160. The summed E-state index contributed by atoms with van der Waals surface area (Å²) in [6.45, 7) is 5.77. The molecule has 11 heteroatoms. The van der Waals surface area contributed by atoms with E-state index in [1.165, 1.54) is 9.21 Å². The van der Waals surface area contributed by atoms with Crippen LogP contribution in [0.5, 0.6) is 0 Å². The summed E-state index contributed by atoms with van der Waals surface area (Å²) < 4.78 is 26.0. The second-order valence-corrected chi connectivity index (χ2v) is 11.8. The summed E-state index contributed by atoms with van der Waals surface area (Å²) in [6, 6.07) is 10.7. The Morgan fingerprint density at radius 2 is 1.64 bits per heavy atom. The Kier molecular flexibility index (Phi) is 11.3. The SMILES string of the molecule is CC[C@@H](C)NC(=O)[C@@H](C)N(Cc1ccc(Cl)c(Cl)c1)C(=O)CCCN(c1ccc(Cl)cc1)S(C)(=O)=O. The maximum atomic E-state index is 13.3. The van der Waals surface area contributed by atoms with Crippen LogP contribution in [0.4, 0.5) is 5.69 Å². The Labute approximate surface area is 228 Å². The van der Waals surface area contributed by atoms with Gasteiger partial charge in [-0.1, -0.05) is 47.8 Å². The highest BCUT2D eigenvalue weighted by Crippen LogP contribution is 2.25. The van der Waals surface area contributed by atoms with Crippen LogP contribution in [-0.4, -0.2) is 50.0 Å². The van der Waals surface area contributed by atoms with E-state index in [1.807, 2.05) is 13.8 Å². The van der Waals surface area contributed by atoms with Crippen molar-refractivity contribution >= 4 is 62.3 Å². The van der Waals surface area contributed by atoms with Gasteiger partial charge in [0, 0.05) is 30.6 Å². The molecule has 1 N–H and O–H groups in total. The summed E-state index contributed by atoms with van der Waals surface area (Å²) in [6.07, 6.45) is 2.17. The van der Waals surface area contributed by atoms with Crippen LogP contribution in [0.2, 0.25) is 15.1 Å². The predicted octanol–water partition coefficient (Wildman–Crippen LogP) is 5.53. The first-order chi connectivity index (χ1) is 16.8. The number of hydrogen-bond donors (Lipinski definition) is 1. The molecule has 0 aliphatic carbocycles. The number of nitrogens with zero attached hydrogens (tertiary/aromatic N) is 2. The highest BCUT2D eigenvalue weighted by atomic mass is 35.5. The van der Waals surface area contributed by atoms with Crippen LogP contribution in [0.3, 0.4) is 0 Å². The van der Waals surface area contributed by atoms with E-state index in [9.17, 15) is 18.0 Å². The predicted molar refractivity (Wildman–Crippen MR) is 147 cm³/mol. The van der Waals surface area contributed by atoms with Gasteiger partial charge >= 0.3 is 0 Å². The average Bonchev–Trinajstić information content (AvgIpc) is 2.81. The number of rotatable bonds is 12. The summed E-state index contributed by atoms with van der Waals surface area (Å²) in [5, 5.41) is 4.15. The fourth-order valence-electron chi connectivity index (χ4n) is 3.49. The normalized spacial score (nSPS) is 13.1. The second kappa shape index (κ2) is 13.5. The first-order valence-corrected chi connectivity index (χ1v) is 14.6. The lowest BCUT2D eigenvalue weighted by Gasteiger charge is -2.30. The number of anilines is 1. The lowest BCUT2D eigenvalue weighted by molar-refractivity contribution is -0.140. The van der Waals surface area contributed by atoms with Crippen molar-refractivity contribution in [1.29, 1.82) is 0 Å². The molecule has 198 valence electrons. The maximum absolute atomic E-state index is 13.3. The molecule has 2 rings (SSSR count). The Morgan fingerprint density at radius 1 is 1.00 bits per heavy atom. The van der Waals surface area contributed by atoms with Crippen molar-refractivity contribution in [2.24, 2.45) is 0 Å². The molecule has 2 aromatic carbocycles. The van der Waals surface area contributed by atoms with Gasteiger partial charge in [0.15, 0.2) is 0 Å². The minimum absolute atomic E-state index is 0.0374. The number of nitrogens with one attached hydrogen (secondary N) is 1. The third-order valence-corrected chi connectivity index (χ3v) is 7.96. The van der Waals surface area contributed by atoms with Gasteiger partial charge in [0.2, 0.25) is 21.8 Å². The molecule has 0 saturated carbocycles. The Hall–Kier alpha value is -2.00. The van der Waals surface area contributed by atoms with Crippen LogP contribution in [0, 0.1) is 0 Å². The van der Waals surface area contributed by atoms with Crippen molar-refractivity contribution in [2.45, 2.75) is 58.7 Å². The zero-order valence-electron chi connectivity index (χ0n) is 20.8. The summed E-state index contributed by atoms with van der Waals surface area (Å²) in [7, 11) is -3.58. The quantitative estimate of drug-likeness (QED) is 0.360. The van der Waals surface area contributed by atoms with E-state index in [4.69, 9.17) is 34.8 Å². The molecule has 2 aromatic rings. The molecule has 0 unspecified atom stereocenters. The van der Waals surface area contributed by atoms with Crippen LogP contribution < -0.4 is 9.62 Å². The highest BCUT2D eigenvalue weighted by Gasteiger charge is 2.27. The maximum Gasteiger partial charge on any atom is 0.242 e. The number of hydrogen-bond acceptors (Lipinski definition) is 4. The molecule has 0 bridgehead atoms. The molecule has 0 aliphatic rings. The third-order valence-electron chi connectivity index (χ3n) is 5.77. The third kappa shape index (κ3) is 8.83. The van der Waals surface area contributed by atoms with E-state index in [0.29, 0.717) is 20.8 Å². The summed E-state index contributed by atoms with van der Waals surface area (Å²) in [5.41, 5.74) is 1.18. The van der Waals surface area contributed by atoms with Gasteiger partial charge in [0.25, 0.3) is 0 Å². The highest BCUT2D eigenvalue weighted by molar-refractivity contribution is 7.92. The van der Waals surface area contributed by atoms with Gasteiger partial charge in [0.05, 0.1) is 22.0 Å². The average molecular weight is 577 g/mol. The first kappa shape index (κ1) is 30.2. The van der Waals surface area contributed by atoms with Crippen LogP contribution in [0.25, 0.3) is 0 Å². The monoisotopic (exact) mass is 575 g/mol. The fourth-order valence-corrected chi connectivity index (χ4v) is 4.91. The largest absolute Gasteiger partial charge is 0.352 e. The smallest absolute Gasteiger partial charge is 0.242 e. The molecule has 0 saturated heterocycles. The zero-order chi connectivity index (χ0) is 27.0. The number of halogens is 3. The molecule has 0 spiro atoms. The molecular formula is C25H32Cl3N3O4S. The molecule has 0 aromatic heterocycles. The number of carbonyl (C=O) groups excluding carboxylic acids is 2. The van der Waals surface area contributed by atoms with Crippen LogP contribution in [-0.2, 0) is 26.2 Å². The molecule has 2 amide bonds. The van der Waals surface area contributed by atoms with Crippen LogP contribution in [0.1, 0.15) is 45.6 Å². The van der Waals surface area contributed by atoms with Gasteiger partial charge in [-0.25, -0.2) is 8.42 Å². The van der Waals surface area contributed by atoms with Crippen molar-refractivity contribution < 1.29 is 18.0 Å². The number of benzene rings is 2. The minimum atomic E-state index is -3.58. The van der Waals surface area contributed by atoms with Crippen LogP contribution >= 0.6 is 34.8 Å². The molecule has 2 atom stereocenters. The molecule has 36 heavy (non-hydrogen) atoms. The topological polar surface area (TPSA) is 86.8 Å². The first-order valence-electron chi connectivity index (χ1n) is 11.6. The standard InChI is InChI=1S/C25H32Cl3N3O4S/c1-5-17(2)29-25(33)18(3)30(16-19-8-13-22(27)23(28)15-19)24(32)7-6-14-31(36(4,34)35)21-11-9-20(26)10-12-21/h8-13,15,17-18H,5-7,14,16H2,1-4H3,(H,29,33)/t17-,18-/m1/s1. The fraction of sp³-hybridized carbons (Fsp3) is 0.440. The minimum Gasteiger partial charge on any atom is -0.352 e. The summed E-state index contributed by atoms with van der Waals surface area (Å²) >= 11 is 18.1. The van der Waals surface area contributed by atoms with E-state index in [0.717, 1.165) is 18.2 Å². The van der Waals surface area contributed by atoms with E-state index in [1.54, 1.807) is 49.4 Å². The molecule has 7 nitrogen and oxygen atoms in total. The Balaban J connectivity index is 2.19. The summed E-state index contributed by atoms with van der Waals surface area (Å²) in [5.74, 6) is -0.547. The summed E-state index contributed by atoms with van der Waals surface area (Å²) in [4.78, 5) is 27.6. The van der Waals surface area contributed by atoms with Crippen molar-refractivity contribution in [3.63, 3.8) is 0 Å². The molecular weight excluding hydrogens is 545 g/mol. The lowest BCUT2D eigenvalue weighted by atomic mass is 10.1. The lowest BCUT2D eigenvalue weighted by Crippen LogP contribution is -2.49. The van der Waals surface area contributed by atoms with Gasteiger partial charge < -0.3 is 10.2 Å². The van der Waals surface area contributed by atoms with E-state index >= 15 is 0 Å². The van der Waals surface area contributed by atoms with Crippen molar-refractivity contribution in [3.8, 4) is 0 Å². The van der Waals surface area contributed by atoms with Gasteiger partial charge in [-0.3, -0.25) is 13.9 Å². The van der Waals surface area contributed by atoms with E-state index < -0.39 is 16.1 Å². The number of amides is 2. The molecule has 0 aliphatic heterocycles. The van der Waals surface area contributed by atoms with Crippen LogP contribution in [0.15, 0.2) is 42.5 Å². The number of carbonyl (C=O) groups is 2. The molecule has 0 fully saturated rings. The van der Waals surface area contributed by atoms with E-state index in [-0.39, 0.29) is 43.8 Å². The van der Waals surface area contributed by atoms with Gasteiger partial charge in [-0.2, -0.15) is 0 Å². The second-order valence-electron chi connectivity index (χ2n) is 8.68. The van der Waals surface area contributed by atoms with Gasteiger partial charge in [-0.05, 0) is 68.7 Å². The number of sulfonamides is 1. The zero-order valence-corrected chi connectivity index (χ0v) is 23.9. The van der Waals surface area contributed by atoms with Crippen molar-refractivity contribution in [2.75, 3.05) is 17.1 Å². The molecule has 0 radical (unpaired) electrons. The van der Waals surface area contributed by atoms with E-state index in [2.05, 4.69) is 5.32 Å². The van der Waals surface area contributed by atoms with Crippen molar-refractivity contribution in [1.82, 2.24) is 10.2 Å². The molecule has 0 heterocycles. The van der Waals surface area contributed by atoms with Gasteiger partial charge in [0.1, 0.15) is 6.04 Å².